The normalized spacial score (nSPS) is 17.0. The predicted molar refractivity (Wildman–Crippen MR) is 79.8 cm³/mol. The molecule has 0 radical (unpaired) electrons. The summed E-state index contributed by atoms with van der Waals surface area (Å²) < 4.78 is 5.10. The Balaban J connectivity index is 2.25. The monoisotopic (exact) mass is 291 g/mol. The van der Waals surface area contributed by atoms with Crippen LogP contribution in [-0.4, -0.2) is 24.1 Å². The lowest BCUT2D eigenvalue weighted by Crippen LogP contribution is -2.35. The SMILES string of the molecule is COc1ccc(C(=O)O)c(NC(=O)C2(C)CCCCC2)c1. The van der Waals surface area contributed by atoms with Crippen LogP contribution in [0.15, 0.2) is 18.2 Å². The maximum atomic E-state index is 12.5. The number of carbonyl (C=O) groups excluding carboxylic acids is 1. The molecule has 1 fully saturated rings. The van der Waals surface area contributed by atoms with E-state index in [0.717, 1.165) is 32.1 Å². The van der Waals surface area contributed by atoms with Gasteiger partial charge in [0, 0.05) is 11.5 Å². The molecule has 0 spiro atoms. The van der Waals surface area contributed by atoms with E-state index < -0.39 is 11.4 Å². The third-order valence-corrected chi connectivity index (χ3v) is 4.21. The summed E-state index contributed by atoms with van der Waals surface area (Å²) in [7, 11) is 1.50. The van der Waals surface area contributed by atoms with Crippen molar-refractivity contribution in [2.24, 2.45) is 5.41 Å². The molecule has 0 aliphatic heterocycles. The van der Waals surface area contributed by atoms with E-state index in [1.54, 1.807) is 12.1 Å². The Labute approximate surface area is 124 Å². The molecule has 1 aromatic rings. The van der Waals surface area contributed by atoms with Crippen LogP contribution in [-0.2, 0) is 4.79 Å². The number of nitrogens with one attached hydrogen (secondary N) is 1. The number of aromatic carboxylic acids is 1. The Morgan fingerprint density at radius 3 is 2.48 bits per heavy atom. The van der Waals surface area contributed by atoms with Crippen molar-refractivity contribution in [3.05, 3.63) is 23.8 Å². The molecule has 1 aliphatic rings. The van der Waals surface area contributed by atoms with Crippen LogP contribution in [0.3, 0.4) is 0 Å². The molecule has 1 saturated carbocycles. The summed E-state index contributed by atoms with van der Waals surface area (Å²) >= 11 is 0. The largest absolute Gasteiger partial charge is 0.497 e. The smallest absolute Gasteiger partial charge is 0.337 e. The minimum absolute atomic E-state index is 0.0727. The van der Waals surface area contributed by atoms with Crippen molar-refractivity contribution in [1.82, 2.24) is 0 Å². The number of rotatable bonds is 4. The van der Waals surface area contributed by atoms with E-state index in [2.05, 4.69) is 5.32 Å². The summed E-state index contributed by atoms with van der Waals surface area (Å²) in [6.45, 7) is 1.95. The molecule has 0 aromatic heterocycles. The number of carbonyl (C=O) groups is 2. The standard InChI is InChI=1S/C16H21NO4/c1-16(8-4-3-5-9-16)15(20)17-13-10-11(21-2)6-7-12(13)14(18)19/h6-7,10H,3-5,8-9H2,1-2H3,(H,17,20)(H,18,19). The minimum atomic E-state index is -1.07. The zero-order valence-corrected chi connectivity index (χ0v) is 12.4. The second-order valence-corrected chi connectivity index (χ2v) is 5.79. The van der Waals surface area contributed by atoms with Crippen molar-refractivity contribution < 1.29 is 19.4 Å². The third-order valence-electron chi connectivity index (χ3n) is 4.21. The molecule has 1 amide bonds. The highest BCUT2D eigenvalue weighted by molar-refractivity contribution is 6.02. The van der Waals surface area contributed by atoms with Gasteiger partial charge in [-0.1, -0.05) is 26.2 Å². The average Bonchev–Trinajstić information content (AvgIpc) is 2.47. The summed E-state index contributed by atoms with van der Waals surface area (Å²) in [5.41, 5.74) is -0.0564. The molecule has 2 rings (SSSR count). The van der Waals surface area contributed by atoms with Gasteiger partial charge in [-0.3, -0.25) is 4.79 Å². The van der Waals surface area contributed by atoms with Gasteiger partial charge >= 0.3 is 5.97 Å². The Bertz CT molecular complexity index is 547. The lowest BCUT2D eigenvalue weighted by atomic mass is 9.75. The lowest BCUT2D eigenvalue weighted by Gasteiger charge is -2.32. The molecule has 114 valence electrons. The quantitative estimate of drug-likeness (QED) is 0.892. The molecule has 1 aromatic carbocycles. The Morgan fingerprint density at radius 2 is 1.90 bits per heavy atom. The highest BCUT2D eigenvalue weighted by Crippen LogP contribution is 2.37. The Kier molecular flexibility index (Phi) is 4.50. The van der Waals surface area contributed by atoms with Crippen molar-refractivity contribution in [2.45, 2.75) is 39.0 Å². The second kappa shape index (κ2) is 6.16. The van der Waals surface area contributed by atoms with Crippen LogP contribution in [0.1, 0.15) is 49.4 Å². The molecule has 0 saturated heterocycles. The average molecular weight is 291 g/mol. The van der Waals surface area contributed by atoms with Crippen LogP contribution >= 0.6 is 0 Å². The van der Waals surface area contributed by atoms with Crippen molar-refractivity contribution in [3.8, 4) is 5.75 Å². The van der Waals surface area contributed by atoms with Crippen molar-refractivity contribution >= 4 is 17.6 Å². The van der Waals surface area contributed by atoms with Gasteiger partial charge in [-0.05, 0) is 25.0 Å². The molecule has 1 aliphatic carbocycles. The first-order chi connectivity index (χ1) is 9.96. The summed E-state index contributed by atoms with van der Waals surface area (Å²) in [6, 6.07) is 4.56. The van der Waals surface area contributed by atoms with E-state index in [-0.39, 0.29) is 11.5 Å². The van der Waals surface area contributed by atoms with E-state index in [1.165, 1.54) is 13.2 Å². The number of amides is 1. The van der Waals surface area contributed by atoms with Gasteiger partial charge in [-0.25, -0.2) is 4.79 Å². The first kappa shape index (κ1) is 15.4. The molecule has 2 N–H and O–H groups in total. The van der Waals surface area contributed by atoms with Crippen LogP contribution in [0.4, 0.5) is 5.69 Å². The van der Waals surface area contributed by atoms with Gasteiger partial charge < -0.3 is 15.2 Å². The fraction of sp³-hybridized carbons (Fsp3) is 0.500. The number of hydrogen-bond acceptors (Lipinski definition) is 3. The Morgan fingerprint density at radius 1 is 1.24 bits per heavy atom. The predicted octanol–water partition coefficient (Wildman–Crippen LogP) is 3.30. The van der Waals surface area contributed by atoms with E-state index in [4.69, 9.17) is 4.74 Å². The number of methoxy groups -OCH3 is 1. The molecule has 5 heteroatoms. The highest BCUT2D eigenvalue weighted by atomic mass is 16.5. The zero-order chi connectivity index (χ0) is 15.5. The topological polar surface area (TPSA) is 75.6 Å². The van der Waals surface area contributed by atoms with Crippen molar-refractivity contribution in [2.75, 3.05) is 12.4 Å². The summed E-state index contributed by atoms with van der Waals surface area (Å²) in [5.74, 6) is -0.663. The van der Waals surface area contributed by atoms with Gasteiger partial charge in [0.1, 0.15) is 5.75 Å². The maximum Gasteiger partial charge on any atom is 0.337 e. The molecular weight excluding hydrogens is 270 g/mol. The second-order valence-electron chi connectivity index (χ2n) is 5.79. The van der Waals surface area contributed by atoms with E-state index in [0.29, 0.717) is 11.4 Å². The molecular formula is C16H21NO4. The van der Waals surface area contributed by atoms with Crippen molar-refractivity contribution in [3.63, 3.8) is 0 Å². The molecule has 0 heterocycles. The zero-order valence-electron chi connectivity index (χ0n) is 12.4. The van der Waals surface area contributed by atoms with E-state index in [1.807, 2.05) is 6.92 Å². The number of carboxylic acids is 1. The summed E-state index contributed by atoms with van der Waals surface area (Å²) in [5, 5.41) is 12.0. The van der Waals surface area contributed by atoms with Crippen LogP contribution in [0.25, 0.3) is 0 Å². The van der Waals surface area contributed by atoms with Crippen LogP contribution in [0.2, 0.25) is 0 Å². The van der Waals surface area contributed by atoms with Crippen molar-refractivity contribution in [1.29, 1.82) is 0 Å². The first-order valence-electron chi connectivity index (χ1n) is 7.19. The van der Waals surface area contributed by atoms with Crippen LogP contribution < -0.4 is 10.1 Å². The third kappa shape index (κ3) is 3.35. The fourth-order valence-corrected chi connectivity index (χ4v) is 2.77. The molecule has 0 bridgehead atoms. The van der Waals surface area contributed by atoms with Gasteiger partial charge in [0.05, 0.1) is 18.4 Å². The van der Waals surface area contributed by atoms with Gasteiger partial charge in [0.2, 0.25) is 5.91 Å². The van der Waals surface area contributed by atoms with Gasteiger partial charge in [-0.15, -0.1) is 0 Å². The number of carboxylic acid groups (broad SMARTS) is 1. The van der Waals surface area contributed by atoms with E-state index >= 15 is 0 Å². The minimum Gasteiger partial charge on any atom is -0.497 e. The van der Waals surface area contributed by atoms with Gasteiger partial charge in [-0.2, -0.15) is 0 Å². The number of hydrogen-bond donors (Lipinski definition) is 2. The van der Waals surface area contributed by atoms with Crippen LogP contribution in [0, 0.1) is 5.41 Å². The molecule has 0 atom stereocenters. The first-order valence-corrected chi connectivity index (χ1v) is 7.19. The van der Waals surface area contributed by atoms with Gasteiger partial charge in [0.15, 0.2) is 0 Å². The summed E-state index contributed by atoms with van der Waals surface area (Å²) in [4.78, 5) is 23.8. The number of benzene rings is 1. The molecule has 5 nitrogen and oxygen atoms in total. The Hall–Kier alpha value is -2.04. The van der Waals surface area contributed by atoms with E-state index in [9.17, 15) is 14.7 Å². The number of anilines is 1. The van der Waals surface area contributed by atoms with Gasteiger partial charge in [0.25, 0.3) is 0 Å². The number of ether oxygens (including phenoxy) is 1. The fourth-order valence-electron chi connectivity index (χ4n) is 2.77. The maximum absolute atomic E-state index is 12.5. The highest BCUT2D eigenvalue weighted by Gasteiger charge is 2.35. The molecule has 0 unspecified atom stereocenters. The summed E-state index contributed by atoms with van der Waals surface area (Å²) in [6.07, 6.45) is 4.90. The lowest BCUT2D eigenvalue weighted by molar-refractivity contribution is -0.126. The van der Waals surface area contributed by atoms with Crippen LogP contribution in [0.5, 0.6) is 5.75 Å². The molecule has 21 heavy (non-hydrogen) atoms.